The molecular weight excluding hydrogens is 382 g/mol. The van der Waals surface area contributed by atoms with E-state index in [4.69, 9.17) is 0 Å². The van der Waals surface area contributed by atoms with E-state index in [2.05, 4.69) is 70.5 Å². The van der Waals surface area contributed by atoms with Gasteiger partial charge in [0.05, 0.1) is 5.41 Å². The highest BCUT2D eigenvalue weighted by molar-refractivity contribution is 5.83. The van der Waals surface area contributed by atoms with E-state index in [0.717, 1.165) is 50.0 Å². The fraction of sp³-hybridized carbons (Fsp3) is 0.333. The van der Waals surface area contributed by atoms with Crippen molar-refractivity contribution in [2.75, 3.05) is 33.7 Å². The summed E-state index contributed by atoms with van der Waals surface area (Å²) in [6.07, 6.45) is 6.38. The van der Waals surface area contributed by atoms with Crippen molar-refractivity contribution in [3.05, 3.63) is 90.3 Å². The summed E-state index contributed by atoms with van der Waals surface area (Å²) in [6, 6.07) is 23.2. The van der Waals surface area contributed by atoms with Crippen molar-refractivity contribution in [3.8, 4) is 11.1 Å². The molecule has 2 aromatic carbocycles. The molecule has 1 aliphatic rings. The Balaban J connectivity index is 1.47. The Kier molecular flexibility index (Phi) is 6.47. The van der Waals surface area contributed by atoms with Gasteiger partial charge in [0.15, 0.2) is 0 Å². The molecule has 3 aromatic rings. The first-order valence-electron chi connectivity index (χ1n) is 11.0. The van der Waals surface area contributed by atoms with Crippen molar-refractivity contribution in [2.24, 2.45) is 5.41 Å². The number of amides is 1. The van der Waals surface area contributed by atoms with Crippen LogP contribution in [-0.2, 0) is 17.6 Å². The van der Waals surface area contributed by atoms with Gasteiger partial charge in [-0.3, -0.25) is 9.78 Å². The summed E-state index contributed by atoms with van der Waals surface area (Å²) in [5, 5.41) is 0. The van der Waals surface area contributed by atoms with Crippen LogP contribution < -0.4 is 0 Å². The molecule has 160 valence electrons. The Hall–Kier alpha value is -2.98. The molecule has 1 fully saturated rings. The molecule has 31 heavy (non-hydrogen) atoms. The second kappa shape index (κ2) is 9.44. The molecule has 0 radical (unpaired) electrons. The Morgan fingerprint density at radius 1 is 0.968 bits per heavy atom. The largest absolute Gasteiger partial charge is 0.348 e. The van der Waals surface area contributed by atoms with E-state index in [1.54, 1.807) is 11.1 Å². The molecule has 2 heterocycles. The van der Waals surface area contributed by atoms with Gasteiger partial charge in [-0.2, -0.15) is 0 Å². The van der Waals surface area contributed by atoms with E-state index in [-0.39, 0.29) is 11.3 Å². The molecule has 1 aliphatic heterocycles. The third-order valence-corrected chi connectivity index (χ3v) is 6.34. The third-order valence-electron chi connectivity index (χ3n) is 6.34. The first-order chi connectivity index (χ1) is 15.1. The Bertz CT molecular complexity index is 986. The van der Waals surface area contributed by atoms with E-state index in [0.29, 0.717) is 0 Å². The third kappa shape index (κ3) is 5.02. The molecule has 4 rings (SSSR count). The van der Waals surface area contributed by atoms with Crippen LogP contribution in [0.4, 0.5) is 0 Å². The summed E-state index contributed by atoms with van der Waals surface area (Å²) in [6.45, 7) is 2.79. The maximum atomic E-state index is 13.3. The molecule has 0 spiro atoms. The minimum absolute atomic E-state index is 0.242. The summed E-state index contributed by atoms with van der Waals surface area (Å²) in [4.78, 5) is 21.7. The summed E-state index contributed by atoms with van der Waals surface area (Å²) in [5.74, 6) is 0.242. The number of aromatic nitrogens is 1. The standard InChI is InChI=1S/C27H31N3O/c1-29(2)26(31)27(15-18-30(21-27)17-14-22-7-4-3-5-8-22)19-23-10-12-24(13-11-23)25-9-6-16-28-20-25/h3-13,16,20H,14-15,17-19,21H2,1-2H3. The number of likely N-dealkylation sites (tertiary alicyclic amines) is 1. The second-order valence-corrected chi connectivity index (χ2v) is 8.86. The van der Waals surface area contributed by atoms with Gasteiger partial charge < -0.3 is 9.80 Å². The fourth-order valence-electron chi connectivity index (χ4n) is 4.69. The maximum Gasteiger partial charge on any atom is 0.229 e. The number of hydrogen-bond acceptors (Lipinski definition) is 3. The highest BCUT2D eigenvalue weighted by Gasteiger charge is 2.45. The van der Waals surface area contributed by atoms with Crippen LogP contribution in [0.3, 0.4) is 0 Å². The predicted octanol–water partition coefficient (Wildman–Crippen LogP) is 4.31. The van der Waals surface area contributed by atoms with Gasteiger partial charge in [-0.1, -0.05) is 60.7 Å². The highest BCUT2D eigenvalue weighted by Crippen LogP contribution is 2.36. The topological polar surface area (TPSA) is 36.4 Å². The van der Waals surface area contributed by atoms with Gasteiger partial charge in [0.2, 0.25) is 5.91 Å². The van der Waals surface area contributed by atoms with Crippen molar-refractivity contribution >= 4 is 5.91 Å². The Morgan fingerprint density at radius 2 is 1.74 bits per heavy atom. The average Bonchev–Trinajstić information content (AvgIpc) is 3.23. The van der Waals surface area contributed by atoms with Gasteiger partial charge in [-0.15, -0.1) is 0 Å². The van der Waals surface area contributed by atoms with Crippen molar-refractivity contribution in [1.29, 1.82) is 0 Å². The number of nitrogens with zero attached hydrogens (tertiary/aromatic N) is 3. The van der Waals surface area contributed by atoms with Gasteiger partial charge in [0, 0.05) is 39.6 Å². The molecule has 0 aliphatic carbocycles. The summed E-state index contributed by atoms with van der Waals surface area (Å²) >= 11 is 0. The first kappa shape index (κ1) is 21.3. The van der Waals surface area contributed by atoms with Crippen molar-refractivity contribution < 1.29 is 4.79 Å². The molecule has 1 atom stereocenters. The predicted molar refractivity (Wildman–Crippen MR) is 126 cm³/mol. The molecule has 1 saturated heterocycles. The molecule has 0 bridgehead atoms. The lowest BCUT2D eigenvalue weighted by atomic mass is 9.79. The molecule has 1 aromatic heterocycles. The Morgan fingerprint density at radius 3 is 2.42 bits per heavy atom. The fourth-order valence-corrected chi connectivity index (χ4v) is 4.69. The number of carbonyl (C=O) groups excluding carboxylic acids is 1. The molecule has 0 saturated carbocycles. The summed E-state index contributed by atoms with van der Waals surface area (Å²) in [5.41, 5.74) is 4.48. The summed E-state index contributed by atoms with van der Waals surface area (Å²) in [7, 11) is 3.75. The number of pyridine rings is 1. The highest BCUT2D eigenvalue weighted by atomic mass is 16.2. The minimum atomic E-state index is -0.351. The van der Waals surface area contributed by atoms with E-state index in [1.165, 1.54) is 11.1 Å². The van der Waals surface area contributed by atoms with Crippen molar-refractivity contribution in [2.45, 2.75) is 19.3 Å². The molecule has 4 nitrogen and oxygen atoms in total. The van der Waals surface area contributed by atoms with Crippen LogP contribution in [0.2, 0.25) is 0 Å². The normalized spacial score (nSPS) is 18.8. The van der Waals surface area contributed by atoms with Crippen molar-refractivity contribution in [1.82, 2.24) is 14.8 Å². The number of rotatable bonds is 7. The van der Waals surface area contributed by atoms with Gasteiger partial charge >= 0.3 is 0 Å². The zero-order valence-electron chi connectivity index (χ0n) is 18.5. The lowest BCUT2D eigenvalue weighted by molar-refractivity contribution is -0.138. The monoisotopic (exact) mass is 413 g/mol. The molecule has 0 N–H and O–H groups in total. The van der Waals surface area contributed by atoms with E-state index >= 15 is 0 Å². The SMILES string of the molecule is CN(C)C(=O)C1(Cc2ccc(-c3cccnc3)cc2)CCN(CCc2ccccc2)C1. The smallest absolute Gasteiger partial charge is 0.229 e. The number of hydrogen-bond donors (Lipinski definition) is 0. The van der Waals surface area contributed by atoms with Crippen LogP contribution in [0.25, 0.3) is 11.1 Å². The minimum Gasteiger partial charge on any atom is -0.348 e. The molecular formula is C27H31N3O. The maximum absolute atomic E-state index is 13.3. The second-order valence-electron chi connectivity index (χ2n) is 8.86. The van der Waals surface area contributed by atoms with Crippen molar-refractivity contribution in [3.63, 3.8) is 0 Å². The Labute approximate surface area is 185 Å². The zero-order valence-corrected chi connectivity index (χ0v) is 18.5. The van der Waals surface area contributed by atoms with Crippen LogP contribution in [0, 0.1) is 5.41 Å². The lowest BCUT2D eigenvalue weighted by Gasteiger charge is -2.31. The van der Waals surface area contributed by atoms with Crippen LogP contribution in [0.15, 0.2) is 79.1 Å². The molecule has 4 heteroatoms. The van der Waals surface area contributed by atoms with Crippen LogP contribution in [0.5, 0.6) is 0 Å². The molecule has 1 unspecified atom stereocenters. The van der Waals surface area contributed by atoms with Crippen LogP contribution in [0.1, 0.15) is 17.5 Å². The average molecular weight is 414 g/mol. The van der Waals surface area contributed by atoms with E-state index in [1.807, 2.05) is 26.4 Å². The molecule has 1 amide bonds. The first-order valence-corrected chi connectivity index (χ1v) is 11.0. The van der Waals surface area contributed by atoms with Gasteiger partial charge in [0.25, 0.3) is 0 Å². The van der Waals surface area contributed by atoms with Gasteiger partial charge in [0.1, 0.15) is 0 Å². The van der Waals surface area contributed by atoms with E-state index < -0.39 is 0 Å². The zero-order chi connectivity index (χ0) is 21.7. The van der Waals surface area contributed by atoms with Gasteiger partial charge in [-0.05, 0) is 54.1 Å². The quantitative estimate of drug-likeness (QED) is 0.579. The van der Waals surface area contributed by atoms with E-state index in [9.17, 15) is 4.79 Å². The van der Waals surface area contributed by atoms with Crippen LogP contribution >= 0.6 is 0 Å². The number of benzene rings is 2. The van der Waals surface area contributed by atoms with Gasteiger partial charge in [-0.25, -0.2) is 0 Å². The lowest BCUT2D eigenvalue weighted by Crippen LogP contribution is -2.44. The summed E-state index contributed by atoms with van der Waals surface area (Å²) < 4.78 is 0. The number of carbonyl (C=O) groups is 1. The van der Waals surface area contributed by atoms with Crippen LogP contribution in [-0.4, -0.2) is 54.4 Å².